The summed E-state index contributed by atoms with van der Waals surface area (Å²) in [6.07, 6.45) is 1.82. The molecular formula is C35H28ClN3O4S. The minimum atomic E-state index is -0.711. The van der Waals surface area contributed by atoms with E-state index in [1.807, 2.05) is 109 Å². The van der Waals surface area contributed by atoms with Gasteiger partial charge < -0.3 is 14.8 Å². The zero-order valence-electron chi connectivity index (χ0n) is 24.0. The molecule has 220 valence electrons. The summed E-state index contributed by atoms with van der Waals surface area (Å²) in [5.74, 6) is 0.940. The van der Waals surface area contributed by atoms with Gasteiger partial charge in [-0.25, -0.2) is 4.99 Å². The SMILES string of the molecule is COc1cccc([C@H]2C(C(=O)Nc3ccccc3)=C(C)N=c3s/c(=C/c4cccc(OCc5ccccc5Cl)c4)c(=O)n32)c1. The average Bonchev–Trinajstić information content (AvgIpc) is 3.34. The van der Waals surface area contributed by atoms with E-state index in [9.17, 15) is 9.59 Å². The van der Waals surface area contributed by atoms with Crippen LogP contribution in [0, 0.1) is 0 Å². The number of anilines is 1. The highest BCUT2D eigenvalue weighted by atomic mass is 35.5. The summed E-state index contributed by atoms with van der Waals surface area (Å²) in [4.78, 5) is 33.1. The van der Waals surface area contributed by atoms with Crippen LogP contribution in [-0.2, 0) is 11.4 Å². The number of ether oxygens (including phenoxy) is 2. The normalized spacial score (nSPS) is 14.5. The Morgan fingerprint density at radius 2 is 1.73 bits per heavy atom. The molecule has 9 heteroatoms. The van der Waals surface area contributed by atoms with Crippen molar-refractivity contribution in [2.75, 3.05) is 12.4 Å². The van der Waals surface area contributed by atoms with Crippen molar-refractivity contribution in [2.24, 2.45) is 4.99 Å². The van der Waals surface area contributed by atoms with Gasteiger partial charge in [-0.2, -0.15) is 0 Å². The first-order valence-electron chi connectivity index (χ1n) is 13.9. The number of nitrogens with zero attached hydrogens (tertiary/aromatic N) is 2. The fourth-order valence-electron chi connectivity index (χ4n) is 5.08. The van der Waals surface area contributed by atoms with Crippen LogP contribution >= 0.6 is 22.9 Å². The summed E-state index contributed by atoms with van der Waals surface area (Å²) in [5, 5.41) is 3.61. The maximum absolute atomic E-state index is 14.1. The van der Waals surface area contributed by atoms with E-state index < -0.39 is 6.04 Å². The van der Waals surface area contributed by atoms with E-state index in [1.54, 1.807) is 18.6 Å². The second-order valence-corrected chi connectivity index (χ2v) is 11.5. The van der Waals surface area contributed by atoms with Gasteiger partial charge in [-0.1, -0.05) is 83.6 Å². The summed E-state index contributed by atoms with van der Waals surface area (Å²) in [5.41, 5.74) is 3.73. The zero-order valence-corrected chi connectivity index (χ0v) is 25.6. The van der Waals surface area contributed by atoms with Crippen molar-refractivity contribution < 1.29 is 14.3 Å². The molecule has 0 aliphatic carbocycles. The van der Waals surface area contributed by atoms with Crippen LogP contribution in [0.15, 0.2) is 124 Å². The number of rotatable bonds is 8. The van der Waals surface area contributed by atoms with Crippen molar-refractivity contribution in [3.8, 4) is 11.5 Å². The van der Waals surface area contributed by atoms with Gasteiger partial charge in [-0.15, -0.1) is 0 Å². The number of hydrogen-bond donors (Lipinski definition) is 1. The molecule has 6 rings (SSSR count). The number of hydrogen-bond acceptors (Lipinski definition) is 6. The Balaban J connectivity index is 1.40. The van der Waals surface area contributed by atoms with Crippen LogP contribution in [0.3, 0.4) is 0 Å². The molecule has 0 saturated heterocycles. The lowest BCUT2D eigenvalue weighted by Crippen LogP contribution is -2.40. The van der Waals surface area contributed by atoms with Crippen molar-refractivity contribution in [3.63, 3.8) is 0 Å². The summed E-state index contributed by atoms with van der Waals surface area (Å²) in [7, 11) is 1.58. The van der Waals surface area contributed by atoms with Gasteiger partial charge in [0.15, 0.2) is 4.80 Å². The molecule has 2 heterocycles. The van der Waals surface area contributed by atoms with Gasteiger partial charge in [0, 0.05) is 16.3 Å². The number of allylic oxidation sites excluding steroid dienone is 1. The average molecular weight is 622 g/mol. The number of nitrogens with one attached hydrogen (secondary N) is 1. The van der Waals surface area contributed by atoms with Crippen LogP contribution < -0.4 is 29.7 Å². The van der Waals surface area contributed by atoms with Gasteiger partial charge >= 0.3 is 0 Å². The predicted molar refractivity (Wildman–Crippen MR) is 174 cm³/mol. The molecule has 5 aromatic rings. The number of carbonyl (C=O) groups excluding carboxylic acids is 1. The minimum Gasteiger partial charge on any atom is -0.497 e. The van der Waals surface area contributed by atoms with Gasteiger partial charge in [0.2, 0.25) is 0 Å². The van der Waals surface area contributed by atoms with Crippen LogP contribution in [0.25, 0.3) is 6.08 Å². The molecule has 0 fully saturated rings. The maximum Gasteiger partial charge on any atom is 0.271 e. The highest BCUT2D eigenvalue weighted by Gasteiger charge is 2.32. The first-order valence-corrected chi connectivity index (χ1v) is 15.1. The van der Waals surface area contributed by atoms with Gasteiger partial charge in [-0.05, 0) is 66.6 Å². The third kappa shape index (κ3) is 6.08. The topological polar surface area (TPSA) is 81.9 Å². The second-order valence-electron chi connectivity index (χ2n) is 10.1. The van der Waals surface area contributed by atoms with Crippen molar-refractivity contribution in [2.45, 2.75) is 19.6 Å². The highest BCUT2D eigenvalue weighted by molar-refractivity contribution is 7.07. The summed E-state index contributed by atoms with van der Waals surface area (Å²) in [6.45, 7) is 2.11. The first kappa shape index (κ1) is 29.2. The molecule has 0 bridgehead atoms. The molecule has 1 atom stereocenters. The van der Waals surface area contributed by atoms with Crippen molar-refractivity contribution >= 4 is 40.6 Å². The number of para-hydroxylation sites is 1. The lowest BCUT2D eigenvalue weighted by Gasteiger charge is -2.25. The number of halogens is 1. The maximum atomic E-state index is 14.1. The quantitative estimate of drug-likeness (QED) is 0.227. The molecular weight excluding hydrogens is 594 g/mol. The third-order valence-electron chi connectivity index (χ3n) is 7.22. The molecule has 0 spiro atoms. The Kier molecular flexibility index (Phi) is 8.45. The molecule has 1 N–H and O–H groups in total. The number of amides is 1. The van der Waals surface area contributed by atoms with E-state index in [-0.39, 0.29) is 11.5 Å². The van der Waals surface area contributed by atoms with Crippen molar-refractivity contribution in [1.82, 2.24) is 4.57 Å². The lowest BCUT2D eigenvalue weighted by molar-refractivity contribution is -0.113. The van der Waals surface area contributed by atoms with E-state index in [4.69, 9.17) is 26.1 Å². The monoisotopic (exact) mass is 621 g/mol. The van der Waals surface area contributed by atoms with E-state index >= 15 is 0 Å². The largest absolute Gasteiger partial charge is 0.497 e. The smallest absolute Gasteiger partial charge is 0.271 e. The Morgan fingerprint density at radius 1 is 0.977 bits per heavy atom. The predicted octanol–water partition coefficient (Wildman–Crippen LogP) is 6.11. The fraction of sp³-hybridized carbons (Fsp3) is 0.114. The van der Waals surface area contributed by atoms with Gasteiger partial charge in [0.25, 0.3) is 11.5 Å². The minimum absolute atomic E-state index is 0.249. The summed E-state index contributed by atoms with van der Waals surface area (Å²) >= 11 is 7.56. The fourth-order valence-corrected chi connectivity index (χ4v) is 6.32. The Hall–Kier alpha value is -4.92. The number of thiazole rings is 1. The lowest BCUT2D eigenvalue weighted by atomic mass is 9.95. The molecule has 0 unspecified atom stereocenters. The second kappa shape index (κ2) is 12.8. The zero-order chi connectivity index (χ0) is 30.6. The van der Waals surface area contributed by atoms with E-state index in [2.05, 4.69) is 5.32 Å². The Bertz CT molecular complexity index is 2070. The van der Waals surface area contributed by atoms with Crippen LogP contribution in [0.1, 0.15) is 29.7 Å². The van der Waals surface area contributed by atoms with E-state index in [0.717, 1.165) is 16.7 Å². The van der Waals surface area contributed by atoms with Gasteiger partial charge in [0.05, 0.1) is 29.0 Å². The molecule has 0 saturated carbocycles. The molecule has 7 nitrogen and oxygen atoms in total. The van der Waals surface area contributed by atoms with Crippen molar-refractivity contribution in [3.05, 3.63) is 156 Å². The molecule has 4 aromatic carbocycles. The molecule has 1 aromatic heterocycles. The van der Waals surface area contributed by atoms with Crippen LogP contribution in [0.4, 0.5) is 5.69 Å². The van der Waals surface area contributed by atoms with Crippen LogP contribution in [-0.4, -0.2) is 17.6 Å². The first-order chi connectivity index (χ1) is 21.4. The number of benzene rings is 4. The van der Waals surface area contributed by atoms with Gasteiger partial charge in [-0.3, -0.25) is 14.2 Å². The highest BCUT2D eigenvalue weighted by Crippen LogP contribution is 2.32. The summed E-state index contributed by atoms with van der Waals surface area (Å²) < 4.78 is 13.6. The van der Waals surface area contributed by atoms with Crippen molar-refractivity contribution in [1.29, 1.82) is 0 Å². The number of methoxy groups -OCH3 is 1. The van der Waals surface area contributed by atoms with E-state index in [0.29, 0.717) is 49.4 Å². The number of carbonyl (C=O) groups is 1. The number of aromatic nitrogens is 1. The molecule has 1 amide bonds. The molecule has 0 radical (unpaired) electrons. The molecule has 1 aliphatic rings. The standard InChI is InChI=1S/C35H28ClN3O4S/c1-22-31(33(40)38-26-13-4-3-5-14-26)32(24-12-9-15-27(20-24)42-2)39-34(41)30(44-35(39)37-22)19-23-10-8-16-28(18-23)43-21-25-11-6-7-17-29(25)36/h3-20,32H,21H2,1-2H3,(H,38,40)/b30-19+/t32-/m0/s1. The number of fused-ring (bicyclic) bond motifs is 1. The van der Waals surface area contributed by atoms with Crippen LogP contribution in [0.5, 0.6) is 11.5 Å². The third-order valence-corrected chi connectivity index (χ3v) is 8.57. The molecule has 1 aliphatic heterocycles. The van der Waals surface area contributed by atoms with Crippen LogP contribution in [0.2, 0.25) is 5.02 Å². The van der Waals surface area contributed by atoms with E-state index in [1.165, 1.54) is 11.3 Å². The Labute approximate surface area is 263 Å². The Morgan fingerprint density at radius 3 is 2.52 bits per heavy atom. The van der Waals surface area contributed by atoms with Gasteiger partial charge in [0.1, 0.15) is 18.1 Å². The summed E-state index contributed by atoms with van der Waals surface area (Å²) in [6, 6.07) is 31.0. The molecule has 44 heavy (non-hydrogen) atoms.